The summed E-state index contributed by atoms with van der Waals surface area (Å²) >= 11 is 0.979. The molecule has 0 fully saturated rings. The van der Waals surface area contributed by atoms with Crippen molar-refractivity contribution in [1.82, 2.24) is 0 Å². The lowest BCUT2D eigenvalue weighted by molar-refractivity contribution is 0.0383. The second-order valence-corrected chi connectivity index (χ2v) is 7.11. The van der Waals surface area contributed by atoms with Crippen LogP contribution in [0.1, 0.15) is 56.7 Å². The minimum atomic E-state index is -0.616. The molecule has 0 saturated heterocycles. The molecule has 1 N–H and O–H groups in total. The number of esters is 2. The molecule has 1 aromatic carbocycles. The van der Waals surface area contributed by atoms with Gasteiger partial charge in [0.2, 0.25) is 0 Å². The SMILES string of the molecule is CCOC(=O)c1c(NC(=O)c2ccccc2OC)sc(C(=O)OC(C)C)c1C. The highest BCUT2D eigenvalue weighted by Crippen LogP contribution is 2.35. The lowest BCUT2D eigenvalue weighted by Crippen LogP contribution is -2.15. The Kier molecular flexibility index (Phi) is 7.17. The molecule has 0 atom stereocenters. The van der Waals surface area contributed by atoms with Gasteiger partial charge in [-0.1, -0.05) is 12.1 Å². The number of hydrogen-bond donors (Lipinski definition) is 1. The van der Waals surface area contributed by atoms with Gasteiger partial charge >= 0.3 is 11.9 Å². The van der Waals surface area contributed by atoms with Gasteiger partial charge in [0, 0.05) is 0 Å². The van der Waals surface area contributed by atoms with Gasteiger partial charge in [-0.15, -0.1) is 11.3 Å². The minimum absolute atomic E-state index is 0.144. The summed E-state index contributed by atoms with van der Waals surface area (Å²) in [6.45, 7) is 6.94. The number of methoxy groups -OCH3 is 1. The molecule has 28 heavy (non-hydrogen) atoms. The van der Waals surface area contributed by atoms with Gasteiger partial charge in [0.1, 0.15) is 15.6 Å². The zero-order valence-corrected chi connectivity index (χ0v) is 17.3. The van der Waals surface area contributed by atoms with Gasteiger partial charge < -0.3 is 19.5 Å². The van der Waals surface area contributed by atoms with Gasteiger partial charge in [0.15, 0.2) is 0 Å². The third-order valence-corrected chi connectivity index (χ3v) is 4.92. The first kappa shape index (κ1) is 21.4. The molecule has 2 aromatic rings. The van der Waals surface area contributed by atoms with Crippen molar-refractivity contribution >= 4 is 34.2 Å². The third kappa shape index (κ3) is 4.69. The monoisotopic (exact) mass is 405 g/mol. The fourth-order valence-electron chi connectivity index (χ4n) is 2.52. The molecule has 150 valence electrons. The van der Waals surface area contributed by atoms with Crippen LogP contribution in [-0.2, 0) is 9.47 Å². The van der Waals surface area contributed by atoms with Crippen LogP contribution in [0.25, 0.3) is 0 Å². The highest BCUT2D eigenvalue weighted by molar-refractivity contribution is 7.18. The van der Waals surface area contributed by atoms with Crippen LogP contribution in [0.3, 0.4) is 0 Å². The van der Waals surface area contributed by atoms with Gasteiger partial charge in [-0.3, -0.25) is 4.79 Å². The fraction of sp³-hybridized carbons (Fsp3) is 0.350. The maximum atomic E-state index is 12.7. The molecule has 0 radical (unpaired) electrons. The molecule has 0 unspecified atom stereocenters. The predicted molar refractivity (Wildman–Crippen MR) is 107 cm³/mol. The summed E-state index contributed by atoms with van der Waals surface area (Å²) in [6.07, 6.45) is -0.313. The zero-order valence-electron chi connectivity index (χ0n) is 16.5. The number of nitrogens with one attached hydrogen (secondary N) is 1. The Balaban J connectivity index is 2.45. The molecular formula is C20H23NO6S. The average Bonchev–Trinajstić information content (AvgIpc) is 2.97. The average molecular weight is 405 g/mol. The smallest absolute Gasteiger partial charge is 0.348 e. The second-order valence-electron chi connectivity index (χ2n) is 6.09. The number of thiophene rings is 1. The van der Waals surface area contributed by atoms with Crippen molar-refractivity contribution < 1.29 is 28.6 Å². The number of anilines is 1. The zero-order chi connectivity index (χ0) is 20.8. The second kappa shape index (κ2) is 9.36. The standard InChI is InChI=1S/C20H23NO6S/c1-6-26-19(23)15-12(4)16(20(24)27-11(2)3)28-18(15)21-17(22)13-9-7-8-10-14(13)25-5/h7-11H,6H2,1-5H3,(H,21,22). The van der Waals surface area contributed by atoms with Crippen molar-refractivity contribution in [2.75, 3.05) is 19.0 Å². The van der Waals surface area contributed by atoms with Crippen LogP contribution < -0.4 is 10.1 Å². The largest absolute Gasteiger partial charge is 0.496 e. The van der Waals surface area contributed by atoms with E-state index in [2.05, 4.69) is 5.32 Å². The number of benzene rings is 1. The van der Waals surface area contributed by atoms with Crippen LogP contribution in [-0.4, -0.2) is 37.7 Å². The highest BCUT2D eigenvalue weighted by Gasteiger charge is 2.28. The van der Waals surface area contributed by atoms with Crippen molar-refractivity contribution in [3.05, 3.63) is 45.8 Å². The van der Waals surface area contributed by atoms with E-state index in [4.69, 9.17) is 14.2 Å². The van der Waals surface area contributed by atoms with Crippen molar-refractivity contribution in [2.45, 2.75) is 33.8 Å². The fourth-order valence-corrected chi connectivity index (χ4v) is 3.59. The minimum Gasteiger partial charge on any atom is -0.496 e. The number of rotatable bonds is 7. The van der Waals surface area contributed by atoms with E-state index in [1.807, 2.05) is 0 Å². The van der Waals surface area contributed by atoms with Crippen LogP contribution in [0.4, 0.5) is 5.00 Å². The van der Waals surface area contributed by atoms with Crippen LogP contribution in [0, 0.1) is 6.92 Å². The van der Waals surface area contributed by atoms with E-state index >= 15 is 0 Å². The molecular weight excluding hydrogens is 382 g/mol. The van der Waals surface area contributed by atoms with Gasteiger partial charge in [0.05, 0.1) is 30.9 Å². The Hall–Kier alpha value is -2.87. The lowest BCUT2D eigenvalue weighted by atomic mass is 10.1. The van der Waals surface area contributed by atoms with E-state index in [-0.39, 0.29) is 28.2 Å². The number of ether oxygens (including phenoxy) is 3. The molecule has 2 rings (SSSR count). The van der Waals surface area contributed by atoms with Crippen molar-refractivity contribution in [1.29, 1.82) is 0 Å². The van der Waals surface area contributed by atoms with Crippen LogP contribution in [0.15, 0.2) is 24.3 Å². The Labute approximate surface area is 167 Å². The molecule has 0 aliphatic carbocycles. The van der Waals surface area contributed by atoms with E-state index in [9.17, 15) is 14.4 Å². The first-order valence-corrected chi connectivity index (χ1v) is 9.57. The Morgan fingerprint density at radius 1 is 1.14 bits per heavy atom. The van der Waals surface area contributed by atoms with Crippen molar-refractivity contribution in [3.63, 3.8) is 0 Å². The predicted octanol–water partition coefficient (Wildman–Crippen LogP) is 4.06. The quantitative estimate of drug-likeness (QED) is 0.699. The van der Waals surface area contributed by atoms with Gasteiger partial charge in [0.25, 0.3) is 5.91 Å². The normalized spacial score (nSPS) is 10.5. The van der Waals surface area contributed by atoms with Crippen LogP contribution >= 0.6 is 11.3 Å². The summed E-state index contributed by atoms with van der Waals surface area (Å²) in [4.78, 5) is 37.8. The molecule has 0 saturated carbocycles. The number of carbonyl (C=O) groups is 3. The van der Waals surface area contributed by atoms with E-state index in [0.717, 1.165) is 11.3 Å². The molecule has 0 aliphatic heterocycles. The Bertz CT molecular complexity index is 887. The maximum Gasteiger partial charge on any atom is 0.348 e. The van der Waals surface area contributed by atoms with E-state index in [0.29, 0.717) is 16.9 Å². The molecule has 8 heteroatoms. The van der Waals surface area contributed by atoms with Crippen molar-refractivity contribution in [3.8, 4) is 5.75 Å². The van der Waals surface area contributed by atoms with Crippen molar-refractivity contribution in [2.24, 2.45) is 0 Å². The van der Waals surface area contributed by atoms with E-state index in [1.165, 1.54) is 7.11 Å². The number of amides is 1. The summed E-state index contributed by atoms with van der Waals surface area (Å²) in [5, 5.41) is 2.93. The molecule has 1 amide bonds. The Morgan fingerprint density at radius 3 is 2.43 bits per heavy atom. The Morgan fingerprint density at radius 2 is 1.82 bits per heavy atom. The molecule has 1 aromatic heterocycles. The molecule has 0 aliphatic rings. The van der Waals surface area contributed by atoms with E-state index in [1.54, 1.807) is 52.0 Å². The first-order chi connectivity index (χ1) is 13.3. The van der Waals surface area contributed by atoms with Gasteiger partial charge in [-0.25, -0.2) is 9.59 Å². The lowest BCUT2D eigenvalue weighted by Gasteiger charge is -2.09. The van der Waals surface area contributed by atoms with E-state index < -0.39 is 17.8 Å². The topological polar surface area (TPSA) is 90.9 Å². The van der Waals surface area contributed by atoms with Gasteiger partial charge in [-0.2, -0.15) is 0 Å². The molecule has 0 bridgehead atoms. The molecule has 7 nitrogen and oxygen atoms in total. The molecule has 1 heterocycles. The summed E-state index contributed by atoms with van der Waals surface area (Å²) in [7, 11) is 1.46. The molecule has 0 spiro atoms. The summed E-state index contributed by atoms with van der Waals surface area (Å²) in [6, 6.07) is 6.71. The van der Waals surface area contributed by atoms with Gasteiger partial charge in [-0.05, 0) is 45.4 Å². The number of carbonyl (C=O) groups excluding carboxylic acids is 3. The highest BCUT2D eigenvalue weighted by atomic mass is 32.1. The number of para-hydroxylation sites is 1. The number of hydrogen-bond acceptors (Lipinski definition) is 7. The summed E-state index contributed by atoms with van der Waals surface area (Å²) < 4.78 is 15.5. The first-order valence-electron chi connectivity index (χ1n) is 8.75. The summed E-state index contributed by atoms with van der Waals surface area (Å²) in [5.74, 6) is -1.24. The third-order valence-electron chi connectivity index (χ3n) is 3.73. The van der Waals surface area contributed by atoms with Crippen LogP contribution in [0.5, 0.6) is 5.75 Å². The summed E-state index contributed by atoms with van der Waals surface area (Å²) in [5.41, 5.74) is 0.854. The maximum absolute atomic E-state index is 12.7. The van der Waals surface area contributed by atoms with Crippen LogP contribution in [0.2, 0.25) is 0 Å².